The van der Waals surface area contributed by atoms with Gasteiger partial charge >= 0.3 is 0 Å². The van der Waals surface area contributed by atoms with Crippen LogP contribution < -0.4 is 4.74 Å². The van der Waals surface area contributed by atoms with Gasteiger partial charge in [0.25, 0.3) is 0 Å². The van der Waals surface area contributed by atoms with Crippen molar-refractivity contribution in [2.24, 2.45) is 0 Å². The largest absolute Gasteiger partial charge is 0.508 e. The van der Waals surface area contributed by atoms with Gasteiger partial charge in [-0.05, 0) is 104 Å². The van der Waals surface area contributed by atoms with Crippen LogP contribution in [0.1, 0.15) is 30.4 Å². The van der Waals surface area contributed by atoms with Gasteiger partial charge in [-0.15, -0.1) is 12.4 Å². The molecule has 4 aromatic rings. The number of phenolic OH excluding ortho intramolecular Hbond substituents is 2. The molecular weight excluding hydrogens is 460 g/mol. The van der Waals surface area contributed by atoms with Gasteiger partial charge in [0.05, 0.1) is 5.69 Å². The second kappa shape index (κ2) is 11.1. The molecule has 0 unspecified atom stereocenters. The van der Waals surface area contributed by atoms with Crippen LogP contribution in [0.4, 0.5) is 0 Å². The van der Waals surface area contributed by atoms with Crippen LogP contribution in [0.25, 0.3) is 22.2 Å². The lowest BCUT2D eigenvalue weighted by molar-refractivity contribution is 0.183. The number of nitrogens with zero attached hydrogens (tertiary/aromatic N) is 2. The number of hydrogen-bond acceptors (Lipinski definition) is 4. The van der Waals surface area contributed by atoms with Crippen molar-refractivity contribution in [3.63, 3.8) is 0 Å². The third kappa shape index (κ3) is 5.58. The number of aryl methyl sites for hydroxylation is 1. The Balaban J connectivity index is 0.00000289. The standard InChI is InChI=1S/C29H32N2O3.ClH/c1-21-27-19-25(33)11-14-28(27)31(29(21)23-7-9-24(32)10-8-23)20-22-5-12-26(13-6-22)34-18-17-30-15-3-2-4-16-30;/h5-14,19,32-33H,2-4,15-18,20H2,1H3;1H. The molecule has 1 aliphatic rings. The zero-order valence-electron chi connectivity index (χ0n) is 20.1. The lowest BCUT2D eigenvalue weighted by Crippen LogP contribution is -2.33. The molecule has 184 valence electrons. The van der Waals surface area contributed by atoms with Crippen molar-refractivity contribution in [1.82, 2.24) is 9.47 Å². The minimum Gasteiger partial charge on any atom is -0.508 e. The third-order valence-electron chi connectivity index (χ3n) is 6.83. The molecule has 1 aromatic heterocycles. The van der Waals surface area contributed by atoms with Gasteiger partial charge in [-0.25, -0.2) is 0 Å². The maximum Gasteiger partial charge on any atom is 0.119 e. The van der Waals surface area contributed by atoms with Crippen molar-refractivity contribution in [2.45, 2.75) is 32.7 Å². The van der Waals surface area contributed by atoms with E-state index in [1.165, 1.54) is 37.9 Å². The van der Waals surface area contributed by atoms with E-state index in [0.717, 1.165) is 46.6 Å². The molecule has 6 heteroatoms. The van der Waals surface area contributed by atoms with E-state index in [-0.39, 0.29) is 23.9 Å². The predicted molar refractivity (Wildman–Crippen MR) is 144 cm³/mol. The summed E-state index contributed by atoms with van der Waals surface area (Å²) in [7, 11) is 0. The maximum absolute atomic E-state index is 10.1. The fourth-order valence-electron chi connectivity index (χ4n) is 5.02. The number of aromatic hydroxyl groups is 2. The number of hydrogen-bond donors (Lipinski definition) is 2. The summed E-state index contributed by atoms with van der Waals surface area (Å²) < 4.78 is 8.29. The van der Waals surface area contributed by atoms with Crippen molar-refractivity contribution in [3.05, 3.63) is 77.9 Å². The predicted octanol–water partition coefficient (Wildman–Crippen LogP) is 6.36. The highest BCUT2D eigenvalue weighted by Crippen LogP contribution is 2.36. The van der Waals surface area contributed by atoms with Crippen LogP contribution in [-0.2, 0) is 6.54 Å². The number of rotatable bonds is 7. The fraction of sp³-hybridized carbons (Fsp3) is 0.310. The van der Waals surface area contributed by atoms with E-state index in [1.807, 2.05) is 24.3 Å². The molecule has 0 saturated carbocycles. The van der Waals surface area contributed by atoms with Crippen LogP contribution in [0, 0.1) is 6.92 Å². The topological polar surface area (TPSA) is 57.9 Å². The molecule has 1 aliphatic heterocycles. The van der Waals surface area contributed by atoms with Crippen LogP contribution in [-0.4, -0.2) is 45.9 Å². The molecule has 3 aromatic carbocycles. The summed E-state index contributed by atoms with van der Waals surface area (Å²) in [5, 5.41) is 20.9. The molecule has 1 fully saturated rings. The first-order valence-electron chi connectivity index (χ1n) is 12.1. The van der Waals surface area contributed by atoms with Crippen molar-refractivity contribution >= 4 is 23.3 Å². The first-order valence-corrected chi connectivity index (χ1v) is 12.1. The van der Waals surface area contributed by atoms with Gasteiger partial charge < -0.3 is 19.5 Å². The molecule has 1 saturated heterocycles. The Morgan fingerprint density at radius 2 is 1.51 bits per heavy atom. The smallest absolute Gasteiger partial charge is 0.119 e. The van der Waals surface area contributed by atoms with Gasteiger partial charge in [0.15, 0.2) is 0 Å². The number of phenols is 2. The summed E-state index contributed by atoms with van der Waals surface area (Å²) in [6.45, 7) is 6.86. The second-order valence-electron chi connectivity index (χ2n) is 9.20. The summed E-state index contributed by atoms with van der Waals surface area (Å²) in [4.78, 5) is 2.49. The number of likely N-dealkylation sites (tertiary alicyclic amines) is 1. The van der Waals surface area contributed by atoms with Crippen molar-refractivity contribution in [3.8, 4) is 28.5 Å². The van der Waals surface area contributed by atoms with Crippen molar-refractivity contribution < 1.29 is 14.9 Å². The molecule has 0 aliphatic carbocycles. The Labute approximate surface area is 213 Å². The quantitative estimate of drug-likeness (QED) is 0.315. The van der Waals surface area contributed by atoms with Gasteiger partial charge in [0.1, 0.15) is 23.9 Å². The second-order valence-corrected chi connectivity index (χ2v) is 9.20. The minimum atomic E-state index is 0. The number of ether oxygens (including phenoxy) is 1. The van der Waals surface area contributed by atoms with Crippen molar-refractivity contribution in [1.29, 1.82) is 0 Å². The lowest BCUT2D eigenvalue weighted by Gasteiger charge is -2.26. The summed E-state index contributed by atoms with van der Waals surface area (Å²) in [6.07, 6.45) is 3.95. The van der Waals surface area contributed by atoms with Gasteiger partial charge in [0.2, 0.25) is 0 Å². The summed E-state index contributed by atoms with van der Waals surface area (Å²) in [5.41, 5.74) is 5.47. The van der Waals surface area contributed by atoms with E-state index in [0.29, 0.717) is 6.54 Å². The van der Waals surface area contributed by atoms with Crippen LogP contribution in [0.15, 0.2) is 66.7 Å². The van der Waals surface area contributed by atoms with Gasteiger partial charge in [-0.1, -0.05) is 18.6 Å². The zero-order valence-corrected chi connectivity index (χ0v) is 20.9. The van der Waals surface area contributed by atoms with E-state index in [9.17, 15) is 10.2 Å². The first-order chi connectivity index (χ1) is 16.6. The van der Waals surface area contributed by atoms with Crippen LogP contribution >= 0.6 is 12.4 Å². The normalized spacial score (nSPS) is 14.1. The molecular formula is C29H33ClN2O3. The van der Waals surface area contributed by atoms with Crippen molar-refractivity contribution in [2.75, 3.05) is 26.2 Å². The van der Waals surface area contributed by atoms with Crippen LogP contribution in [0.2, 0.25) is 0 Å². The molecule has 0 bridgehead atoms. The highest BCUT2D eigenvalue weighted by atomic mass is 35.5. The molecule has 0 amide bonds. The molecule has 2 heterocycles. The Kier molecular flexibility index (Phi) is 7.89. The molecule has 0 spiro atoms. The van der Waals surface area contributed by atoms with E-state index in [1.54, 1.807) is 18.2 Å². The van der Waals surface area contributed by atoms with E-state index >= 15 is 0 Å². The van der Waals surface area contributed by atoms with Crippen LogP contribution in [0.5, 0.6) is 17.2 Å². The molecule has 0 radical (unpaired) electrons. The zero-order chi connectivity index (χ0) is 23.5. The molecule has 5 rings (SSSR count). The monoisotopic (exact) mass is 492 g/mol. The van der Waals surface area contributed by atoms with Gasteiger partial charge in [0, 0.05) is 24.0 Å². The third-order valence-corrected chi connectivity index (χ3v) is 6.83. The highest BCUT2D eigenvalue weighted by molar-refractivity contribution is 5.92. The Bertz CT molecular complexity index is 1260. The van der Waals surface area contributed by atoms with E-state index in [4.69, 9.17) is 4.74 Å². The summed E-state index contributed by atoms with van der Waals surface area (Å²) in [6, 6.07) is 21.2. The molecule has 2 N–H and O–H groups in total. The highest BCUT2D eigenvalue weighted by Gasteiger charge is 2.17. The Morgan fingerprint density at radius 1 is 0.829 bits per heavy atom. The van der Waals surface area contributed by atoms with Gasteiger partial charge in [-0.2, -0.15) is 0 Å². The Morgan fingerprint density at radius 3 is 2.23 bits per heavy atom. The Hall–Kier alpha value is -3.15. The fourth-order valence-corrected chi connectivity index (χ4v) is 5.02. The number of piperidine rings is 1. The molecule has 5 nitrogen and oxygen atoms in total. The minimum absolute atomic E-state index is 0. The SMILES string of the molecule is Cc1c(-c2ccc(O)cc2)n(Cc2ccc(OCCN3CCCCC3)cc2)c2ccc(O)cc12.Cl. The van der Waals surface area contributed by atoms with Crippen LogP contribution in [0.3, 0.4) is 0 Å². The first kappa shape index (κ1) is 25.0. The van der Waals surface area contributed by atoms with E-state index < -0.39 is 0 Å². The summed E-state index contributed by atoms with van der Waals surface area (Å²) in [5.74, 6) is 1.41. The average Bonchev–Trinajstić information content (AvgIpc) is 3.12. The lowest BCUT2D eigenvalue weighted by atomic mass is 10.1. The number of halogens is 1. The van der Waals surface area contributed by atoms with Gasteiger partial charge in [-0.3, -0.25) is 4.90 Å². The summed E-state index contributed by atoms with van der Waals surface area (Å²) >= 11 is 0. The van der Waals surface area contributed by atoms with E-state index in [2.05, 4.69) is 40.7 Å². The average molecular weight is 493 g/mol. The number of benzene rings is 3. The molecule has 0 atom stereocenters. The number of fused-ring (bicyclic) bond motifs is 1. The number of aromatic nitrogens is 1. The maximum atomic E-state index is 10.1. The molecule has 35 heavy (non-hydrogen) atoms.